The maximum atomic E-state index is 12.0. The van der Waals surface area contributed by atoms with Crippen molar-refractivity contribution in [1.82, 2.24) is 4.98 Å². The Morgan fingerprint density at radius 1 is 1.45 bits per heavy atom. The maximum Gasteiger partial charge on any atom is 0.308 e. The normalized spacial score (nSPS) is 14.7. The molecule has 2 aromatic rings. The van der Waals surface area contributed by atoms with Crippen LogP contribution in [0.5, 0.6) is 0 Å². The molecule has 4 nitrogen and oxygen atoms in total. The van der Waals surface area contributed by atoms with E-state index in [-0.39, 0.29) is 12.0 Å². The maximum absolute atomic E-state index is 12.0. The summed E-state index contributed by atoms with van der Waals surface area (Å²) in [5.74, 6) is -0.146. The van der Waals surface area contributed by atoms with Gasteiger partial charge in [-0.15, -0.1) is 0 Å². The highest BCUT2D eigenvalue weighted by Gasteiger charge is 2.30. The molecule has 1 atom stereocenters. The van der Waals surface area contributed by atoms with E-state index in [1.165, 1.54) is 5.56 Å². The van der Waals surface area contributed by atoms with E-state index >= 15 is 0 Å². The van der Waals surface area contributed by atoms with E-state index in [1.54, 1.807) is 11.3 Å². The third kappa shape index (κ3) is 2.99. The van der Waals surface area contributed by atoms with Crippen LogP contribution in [0.1, 0.15) is 36.3 Å². The minimum absolute atomic E-state index is 0.0241. The summed E-state index contributed by atoms with van der Waals surface area (Å²) in [6, 6.07) is 6.27. The SMILES string of the molecule is CCOC(=O)CC(c1ccsc1)N1CCc2nc(C)ccc21. The van der Waals surface area contributed by atoms with Crippen LogP contribution in [0.2, 0.25) is 0 Å². The lowest BCUT2D eigenvalue weighted by molar-refractivity contribution is -0.143. The number of aromatic nitrogens is 1. The number of nitrogens with zero attached hydrogens (tertiary/aromatic N) is 2. The van der Waals surface area contributed by atoms with Crippen LogP contribution in [-0.4, -0.2) is 24.1 Å². The number of fused-ring (bicyclic) bond motifs is 1. The second kappa shape index (κ2) is 6.48. The third-order valence-corrected chi connectivity index (χ3v) is 4.66. The average molecular weight is 316 g/mol. The summed E-state index contributed by atoms with van der Waals surface area (Å²) in [5.41, 5.74) is 4.49. The number of hydrogen-bond donors (Lipinski definition) is 0. The first-order valence-corrected chi connectivity index (χ1v) is 8.54. The average Bonchev–Trinajstić information content (AvgIpc) is 3.14. The van der Waals surface area contributed by atoms with Gasteiger partial charge in [0.15, 0.2) is 0 Å². The minimum atomic E-state index is -0.146. The van der Waals surface area contributed by atoms with Gasteiger partial charge in [-0.1, -0.05) is 0 Å². The molecular weight excluding hydrogens is 296 g/mol. The van der Waals surface area contributed by atoms with Crippen LogP contribution >= 0.6 is 11.3 Å². The summed E-state index contributed by atoms with van der Waals surface area (Å²) >= 11 is 1.66. The lowest BCUT2D eigenvalue weighted by Gasteiger charge is -2.29. The van der Waals surface area contributed by atoms with Gasteiger partial charge in [0.2, 0.25) is 0 Å². The standard InChI is InChI=1S/C17H20N2O2S/c1-3-21-17(20)10-16(13-7-9-22-11-13)19-8-6-14-15(19)5-4-12(2)18-14/h4-5,7,9,11,16H,3,6,8,10H2,1-2H3. The van der Waals surface area contributed by atoms with Crippen molar-refractivity contribution in [3.05, 3.63) is 45.9 Å². The van der Waals surface area contributed by atoms with Crippen molar-refractivity contribution in [3.8, 4) is 0 Å². The molecule has 1 aliphatic heterocycles. The molecule has 1 aliphatic rings. The van der Waals surface area contributed by atoms with E-state index in [9.17, 15) is 4.79 Å². The van der Waals surface area contributed by atoms with Gasteiger partial charge in [0.1, 0.15) is 0 Å². The second-order valence-electron chi connectivity index (χ2n) is 5.44. The molecule has 22 heavy (non-hydrogen) atoms. The smallest absolute Gasteiger partial charge is 0.308 e. The molecule has 0 aliphatic carbocycles. The Labute approximate surface area is 134 Å². The van der Waals surface area contributed by atoms with Crippen LogP contribution in [0.3, 0.4) is 0 Å². The Balaban J connectivity index is 1.89. The molecule has 0 saturated heterocycles. The zero-order valence-electron chi connectivity index (χ0n) is 12.9. The van der Waals surface area contributed by atoms with Crippen molar-refractivity contribution in [3.63, 3.8) is 0 Å². The third-order valence-electron chi connectivity index (χ3n) is 3.96. The Morgan fingerprint density at radius 3 is 3.05 bits per heavy atom. The summed E-state index contributed by atoms with van der Waals surface area (Å²) in [4.78, 5) is 18.9. The Morgan fingerprint density at radius 2 is 2.32 bits per heavy atom. The van der Waals surface area contributed by atoms with Gasteiger partial charge in [0.05, 0.1) is 30.5 Å². The first-order chi connectivity index (χ1) is 10.7. The van der Waals surface area contributed by atoms with E-state index in [0.29, 0.717) is 13.0 Å². The Kier molecular flexibility index (Phi) is 4.43. The van der Waals surface area contributed by atoms with Crippen LogP contribution in [-0.2, 0) is 16.0 Å². The molecule has 0 fully saturated rings. The number of pyridine rings is 1. The lowest BCUT2D eigenvalue weighted by Crippen LogP contribution is -2.29. The van der Waals surface area contributed by atoms with E-state index < -0.39 is 0 Å². The number of rotatable bonds is 5. The van der Waals surface area contributed by atoms with Gasteiger partial charge < -0.3 is 9.64 Å². The van der Waals surface area contributed by atoms with Crippen LogP contribution in [0, 0.1) is 6.92 Å². The molecule has 116 valence electrons. The van der Waals surface area contributed by atoms with Crippen LogP contribution in [0.25, 0.3) is 0 Å². The van der Waals surface area contributed by atoms with Gasteiger partial charge in [0, 0.05) is 18.7 Å². The van der Waals surface area contributed by atoms with Gasteiger partial charge in [-0.3, -0.25) is 9.78 Å². The van der Waals surface area contributed by atoms with Crippen molar-refractivity contribution < 1.29 is 9.53 Å². The molecule has 5 heteroatoms. The Bertz CT molecular complexity index is 655. The summed E-state index contributed by atoms with van der Waals surface area (Å²) in [7, 11) is 0. The minimum Gasteiger partial charge on any atom is -0.466 e. The number of carbonyl (C=O) groups excluding carboxylic acids is 1. The molecule has 3 rings (SSSR count). The fourth-order valence-electron chi connectivity index (χ4n) is 2.97. The summed E-state index contributed by atoms with van der Waals surface area (Å²) in [5, 5.41) is 4.17. The molecule has 0 radical (unpaired) electrons. The van der Waals surface area contributed by atoms with E-state index in [4.69, 9.17) is 4.74 Å². The predicted octanol–water partition coefficient (Wildman–Crippen LogP) is 3.51. The van der Waals surface area contributed by atoms with Crippen molar-refractivity contribution >= 4 is 23.0 Å². The summed E-state index contributed by atoms with van der Waals surface area (Å²) < 4.78 is 5.16. The van der Waals surface area contributed by atoms with Gasteiger partial charge in [-0.25, -0.2) is 0 Å². The molecule has 0 saturated carbocycles. The summed E-state index contributed by atoms with van der Waals surface area (Å²) in [6.45, 7) is 5.17. The number of aryl methyl sites for hydroxylation is 1. The highest BCUT2D eigenvalue weighted by Crippen LogP contribution is 2.37. The Hall–Kier alpha value is -1.88. The van der Waals surface area contributed by atoms with Crippen molar-refractivity contribution in [1.29, 1.82) is 0 Å². The molecule has 0 aromatic carbocycles. The molecule has 2 aromatic heterocycles. The fourth-order valence-corrected chi connectivity index (χ4v) is 3.68. The van der Waals surface area contributed by atoms with Gasteiger partial charge in [-0.2, -0.15) is 11.3 Å². The molecule has 0 bridgehead atoms. The topological polar surface area (TPSA) is 42.4 Å². The highest BCUT2D eigenvalue weighted by molar-refractivity contribution is 7.08. The van der Waals surface area contributed by atoms with Crippen LogP contribution < -0.4 is 4.90 Å². The lowest BCUT2D eigenvalue weighted by atomic mass is 10.1. The van der Waals surface area contributed by atoms with Crippen molar-refractivity contribution in [2.45, 2.75) is 32.7 Å². The first-order valence-electron chi connectivity index (χ1n) is 7.60. The van der Waals surface area contributed by atoms with E-state index in [0.717, 1.165) is 30.0 Å². The number of esters is 1. The van der Waals surface area contributed by atoms with Gasteiger partial charge >= 0.3 is 5.97 Å². The van der Waals surface area contributed by atoms with Crippen molar-refractivity contribution in [2.75, 3.05) is 18.1 Å². The quantitative estimate of drug-likeness (QED) is 0.792. The number of anilines is 1. The van der Waals surface area contributed by atoms with Crippen molar-refractivity contribution in [2.24, 2.45) is 0 Å². The monoisotopic (exact) mass is 316 g/mol. The number of hydrogen-bond acceptors (Lipinski definition) is 5. The molecule has 3 heterocycles. The molecule has 0 N–H and O–H groups in total. The number of carbonyl (C=O) groups is 1. The largest absolute Gasteiger partial charge is 0.466 e. The number of thiophene rings is 1. The summed E-state index contributed by atoms with van der Waals surface area (Å²) in [6.07, 6.45) is 1.30. The molecular formula is C17H20N2O2S. The first kappa shape index (κ1) is 15.0. The zero-order chi connectivity index (χ0) is 15.5. The molecule has 0 spiro atoms. The fraction of sp³-hybridized carbons (Fsp3) is 0.412. The molecule has 0 amide bonds. The predicted molar refractivity (Wildman–Crippen MR) is 88.3 cm³/mol. The van der Waals surface area contributed by atoms with Crippen LogP contribution in [0.15, 0.2) is 29.0 Å². The van der Waals surface area contributed by atoms with Gasteiger partial charge in [0.25, 0.3) is 0 Å². The van der Waals surface area contributed by atoms with E-state index in [2.05, 4.69) is 32.8 Å². The second-order valence-corrected chi connectivity index (χ2v) is 6.22. The van der Waals surface area contributed by atoms with E-state index in [1.807, 2.05) is 19.9 Å². The van der Waals surface area contributed by atoms with Crippen LogP contribution in [0.4, 0.5) is 5.69 Å². The zero-order valence-corrected chi connectivity index (χ0v) is 13.7. The number of ether oxygens (including phenoxy) is 1. The molecule has 1 unspecified atom stereocenters. The highest BCUT2D eigenvalue weighted by atomic mass is 32.1. The van der Waals surface area contributed by atoms with Gasteiger partial charge in [-0.05, 0) is 48.4 Å².